The standard InChI is InChI=1S/C13H25N3O4/c1-3-4-5-6-7-9(2)15-13(20)16-10(12(18)19)8-11(14)17/h9-10H,3-8H2,1-2H3,(H2,14,17)(H,18,19)(H2,15,16,20)/t9?,10-/m1/s1. The first-order chi connectivity index (χ1) is 9.36. The van der Waals surface area contributed by atoms with Crippen LogP contribution in [-0.2, 0) is 9.59 Å². The van der Waals surface area contributed by atoms with Crippen LogP contribution in [0.2, 0.25) is 0 Å². The molecule has 0 aromatic heterocycles. The van der Waals surface area contributed by atoms with Crippen molar-refractivity contribution in [3.8, 4) is 0 Å². The van der Waals surface area contributed by atoms with Gasteiger partial charge in [-0.15, -0.1) is 0 Å². The molecule has 0 fully saturated rings. The lowest BCUT2D eigenvalue weighted by Gasteiger charge is -2.17. The van der Waals surface area contributed by atoms with E-state index in [1.54, 1.807) is 0 Å². The Labute approximate surface area is 119 Å². The van der Waals surface area contributed by atoms with E-state index in [-0.39, 0.29) is 6.04 Å². The van der Waals surface area contributed by atoms with Crippen molar-refractivity contribution in [1.82, 2.24) is 10.6 Å². The summed E-state index contributed by atoms with van der Waals surface area (Å²) in [6.07, 6.45) is 4.85. The van der Waals surface area contributed by atoms with Crippen LogP contribution >= 0.6 is 0 Å². The summed E-state index contributed by atoms with van der Waals surface area (Å²) >= 11 is 0. The molecule has 0 aliphatic rings. The fraction of sp³-hybridized carbons (Fsp3) is 0.769. The smallest absolute Gasteiger partial charge is 0.326 e. The molecule has 20 heavy (non-hydrogen) atoms. The molecule has 7 heteroatoms. The van der Waals surface area contributed by atoms with Gasteiger partial charge in [-0.05, 0) is 13.3 Å². The molecule has 0 aromatic rings. The number of carbonyl (C=O) groups excluding carboxylic acids is 2. The molecule has 0 rings (SSSR count). The average Bonchev–Trinajstić information content (AvgIpc) is 2.33. The zero-order valence-corrected chi connectivity index (χ0v) is 12.1. The van der Waals surface area contributed by atoms with E-state index in [2.05, 4.69) is 17.6 Å². The van der Waals surface area contributed by atoms with Crippen LogP contribution in [0.25, 0.3) is 0 Å². The number of carboxylic acids is 1. The van der Waals surface area contributed by atoms with Crippen LogP contribution in [0, 0.1) is 0 Å². The number of aliphatic carboxylic acids is 1. The van der Waals surface area contributed by atoms with Gasteiger partial charge in [0.05, 0.1) is 6.42 Å². The molecule has 7 nitrogen and oxygen atoms in total. The fourth-order valence-electron chi connectivity index (χ4n) is 1.77. The lowest BCUT2D eigenvalue weighted by atomic mass is 10.1. The fourth-order valence-corrected chi connectivity index (χ4v) is 1.77. The SMILES string of the molecule is CCCCCCC(C)NC(=O)N[C@H](CC(N)=O)C(=O)O. The van der Waals surface area contributed by atoms with Gasteiger partial charge in [-0.2, -0.15) is 0 Å². The predicted octanol–water partition coefficient (Wildman–Crippen LogP) is 0.973. The molecule has 5 N–H and O–H groups in total. The molecule has 2 atom stereocenters. The lowest BCUT2D eigenvalue weighted by molar-refractivity contribution is -0.140. The molecule has 0 saturated carbocycles. The Morgan fingerprint density at radius 2 is 1.80 bits per heavy atom. The summed E-state index contributed by atoms with van der Waals surface area (Å²) in [4.78, 5) is 33.2. The second kappa shape index (κ2) is 10.1. The highest BCUT2D eigenvalue weighted by molar-refractivity contribution is 5.87. The van der Waals surface area contributed by atoms with Crippen LogP contribution in [0.4, 0.5) is 4.79 Å². The quantitative estimate of drug-likeness (QED) is 0.447. The molecule has 0 spiro atoms. The van der Waals surface area contributed by atoms with Gasteiger partial charge in [0.2, 0.25) is 5.91 Å². The highest BCUT2D eigenvalue weighted by Gasteiger charge is 2.22. The summed E-state index contributed by atoms with van der Waals surface area (Å²) in [6, 6.07) is -1.93. The largest absolute Gasteiger partial charge is 0.480 e. The van der Waals surface area contributed by atoms with Gasteiger partial charge in [0, 0.05) is 6.04 Å². The average molecular weight is 287 g/mol. The number of primary amides is 1. The van der Waals surface area contributed by atoms with Gasteiger partial charge in [-0.25, -0.2) is 9.59 Å². The highest BCUT2D eigenvalue weighted by atomic mass is 16.4. The summed E-state index contributed by atoms with van der Waals surface area (Å²) in [7, 11) is 0. The number of unbranched alkanes of at least 4 members (excludes halogenated alkanes) is 3. The number of carbonyl (C=O) groups is 3. The molecule has 0 aromatic carbocycles. The molecule has 0 heterocycles. The number of hydrogen-bond donors (Lipinski definition) is 4. The Kier molecular flexibility index (Phi) is 9.15. The second-order valence-corrected chi connectivity index (χ2v) is 4.93. The first-order valence-corrected chi connectivity index (χ1v) is 6.95. The summed E-state index contributed by atoms with van der Waals surface area (Å²) in [5.74, 6) is -2.06. The van der Waals surface area contributed by atoms with Crippen molar-refractivity contribution >= 4 is 17.9 Å². The minimum atomic E-state index is -1.29. The van der Waals surface area contributed by atoms with Crippen molar-refractivity contribution in [2.45, 2.75) is 64.5 Å². The van der Waals surface area contributed by atoms with Gasteiger partial charge in [-0.3, -0.25) is 4.79 Å². The van der Waals surface area contributed by atoms with E-state index >= 15 is 0 Å². The Morgan fingerprint density at radius 3 is 2.30 bits per heavy atom. The molecule has 0 aliphatic heterocycles. The number of rotatable bonds is 10. The number of urea groups is 1. The van der Waals surface area contributed by atoms with E-state index in [9.17, 15) is 14.4 Å². The third-order valence-corrected chi connectivity index (χ3v) is 2.88. The van der Waals surface area contributed by atoms with E-state index in [4.69, 9.17) is 10.8 Å². The van der Waals surface area contributed by atoms with Gasteiger partial charge in [0.15, 0.2) is 0 Å². The number of hydrogen-bond acceptors (Lipinski definition) is 3. The molecule has 1 unspecified atom stereocenters. The summed E-state index contributed by atoms with van der Waals surface area (Å²) in [5, 5.41) is 13.7. The van der Waals surface area contributed by atoms with Crippen LogP contribution in [0.3, 0.4) is 0 Å². The zero-order chi connectivity index (χ0) is 15.5. The van der Waals surface area contributed by atoms with Crippen molar-refractivity contribution < 1.29 is 19.5 Å². The van der Waals surface area contributed by atoms with Crippen molar-refractivity contribution in [2.24, 2.45) is 5.73 Å². The molecule has 0 aliphatic carbocycles. The van der Waals surface area contributed by atoms with Crippen LogP contribution in [-0.4, -0.2) is 35.1 Å². The Hall–Kier alpha value is -1.79. The topological polar surface area (TPSA) is 122 Å². The maximum absolute atomic E-state index is 11.6. The van der Waals surface area contributed by atoms with Gasteiger partial charge in [0.1, 0.15) is 6.04 Å². The van der Waals surface area contributed by atoms with Crippen molar-refractivity contribution in [3.05, 3.63) is 0 Å². The maximum atomic E-state index is 11.6. The number of nitrogens with two attached hydrogens (primary N) is 1. The lowest BCUT2D eigenvalue weighted by Crippen LogP contribution is -2.49. The summed E-state index contributed by atoms with van der Waals surface area (Å²) in [6.45, 7) is 3.98. The minimum Gasteiger partial charge on any atom is -0.480 e. The van der Waals surface area contributed by atoms with E-state index in [0.29, 0.717) is 0 Å². The van der Waals surface area contributed by atoms with Crippen LogP contribution < -0.4 is 16.4 Å². The molecule has 0 radical (unpaired) electrons. The van der Waals surface area contributed by atoms with Crippen molar-refractivity contribution in [1.29, 1.82) is 0 Å². The number of nitrogens with one attached hydrogen (secondary N) is 2. The molecule has 3 amide bonds. The van der Waals surface area contributed by atoms with E-state index in [1.807, 2.05) is 6.92 Å². The van der Waals surface area contributed by atoms with Gasteiger partial charge < -0.3 is 21.5 Å². The monoisotopic (exact) mass is 287 g/mol. The molecule has 0 bridgehead atoms. The van der Waals surface area contributed by atoms with Crippen molar-refractivity contribution in [2.75, 3.05) is 0 Å². The first-order valence-electron chi connectivity index (χ1n) is 6.95. The molecule has 116 valence electrons. The van der Waals surface area contributed by atoms with Gasteiger partial charge >= 0.3 is 12.0 Å². The third-order valence-electron chi connectivity index (χ3n) is 2.88. The van der Waals surface area contributed by atoms with Gasteiger partial charge in [-0.1, -0.05) is 32.6 Å². The second-order valence-electron chi connectivity index (χ2n) is 4.93. The number of amides is 3. The Balaban J connectivity index is 4.05. The molecule has 0 saturated heterocycles. The zero-order valence-electron chi connectivity index (χ0n) is 12.1. The summed E-state index contributed by atoms with van der Waals surface area (Å²) in [5.41, 5.74) is 4.93. The van der Waals surface area contributed by atoms with Gasteiger partial charge in [0.25, 0.3) is 0 Å². The third kappa shape index (κ3) is 9.18. The van der Waals surface area contributed by atoms with Crippen LogP contribution in [0.5, 0.6) is 0 Å². The Morgan fingerprint density at radius 1 is 1.15 bits per heavy atom. The first kappa shape index (κ1) is 18.2. The molecular formula is C13H25N3O4. The van der Waals surface area contributed by atoms with E-state index < -0.39 is 30.4 Å². The Bertz CT molecular complexity index is 334. The molecular weight excluding hydrogens is 262 g/mol. The van der Waals surface area contributed by atoms with E-state index in [1.165, 1.54) is 6.42 Å². The van der Waals surface area contributed by atoms with Crippen molar-refractivity contribution in [3.63, 3.8) is 0 Å². The van der Waals surface area contributed by atoms with Crippen LogP contribution in [0.1, 0.15) is 52.4 Å². The summed E-state index contributed by atoms with van der Waals surface area (Å²) < 4.78 is 0. The minimum absolute atomic E-state index is 0.0464. The normalized spacial score (nSPS) is 13.3. The highest BCUT2D eigenvalue weighted by Crippen LogP contribution is 2.05. The maximum Gasteiger partial charge on any atom is 0.326 e. The number of carboxylic acid groups (broad SMARTS) is 1. The van der Waals surface area contributed by atoms with E-state index in [0.717, 1.165) is 25.7 Å². The predicted molar refractivity (Wildman–Crippen MR) is 75.1 cm³/mol. The van der Waals surface area contributed by atoms with Crippen LogP contribution in [0.15, 0.2) is 0 Å².